The fourth-order valence-electron chi connectivity index (χ4n) is 1.27. The largest absolute Gasteiger partial charge is 0.464 e. The van der Waals surface area contributed by atoms with Crippen LogP contribution in [0.2, 0.25) is 0 Å². The second-order valence-electron chi connectivity index (χ2n) is 3.55. The lowest BCUT2D eigenvalue weighted by Crippen LogP contribution is -2.31. The van der Waals surface area contributed by atoms with Crippen LogP contribution in [0.1, 0.15) is 12.5 Å². The minimum Gasteiger partial charge on any atom is -0.464 e. The van der Waals surface area contributed by atoms with Gasteiger partial charge in [-0.05, 0) is 17.7 Å². The van der Waals surface area contributed by atoms with Gasteiger partial charge in [-0.25, -0.2) is 9.18 Å². The zero-order chi connectivity index (χ0) is 13.4. The smallest absolute Gasteiger partial charge is 0.319 e. The number of rotatable bonds is 5. The fourth-order valence-corrected chi connectivity index (χ4v) is 1.27. The van der Waals surface area contributed by atoms with Gasteiger partial charge in [-0.2, -0.15) is 0 Å². The van der Waals surface area contributed by atoms with E-state index < -0.39 is 18.7 Å². The molecular formula is C12H15FN2O3. The standard InChI is InChI=1S/C12H15FN2O3/c1-9(16)18-6-5-14-12(17)15-11-4-2-3-10(7-11)8-13/h2-4,7H,5-6,8H2,1H3,(H2,14,15,17). The summed E-state index contributed by atoms with van der Waals surface area (Å²) in [5.41, 5.74) is 1.00. The molecule has 1 rings (SSSR count). The fraction of sp³-hybridized carbons (Fsp3) is 0.333. The van der Waals surface area contributed by atoms with Crippen LogP contribution in [0.15, 0.2) is 24.3 Å². The lowest BCUT2D eigenvalue weighted by atomic mass is 10.2. The molecule has 5 nitrogen and oxygen atoms in total. The van der Waals surface area contributed by atoms with Crippen molar-refractivity contribution in [1.29, 1.82) is 0 Å². The molecule has 0 fully saturated rings. The van der Waals surface area contributed by atoms with Gasteiger partial charge in [0.15, 0.2) is 0 Å². The van der Waals surface area contributed by atoms with Crippen LogP contribution in [-0.4, -0.2) is 25.2 Å². The van der Waals surface area contributed by atoms with Crippen molar-refractivity contribution in [3.63, 3.8) is 0 Å². The topological polar surface area (TPSA) is 67.4 Å². The van der Waals surface area contributed by atoms with Gasteiger partial charge in [0.2, 0.25) is 0 Å². The van der Waals surface area contributed by atoms with E-state index in [1.165, 1.54) is 6.92 Å². The Bertz CT molecular complexity index is 424. The first-order valence-electron chi connectivity index (χ1n) is 5.45. The third-order valence-electron chi connectivity index (χ3n) is 2.03. The molecule has 0 bridgehead atoms. The number of nitrogens with one attached hydrogen (secondary N) is 2. The Morgan fingerprint density at radius 3 is 2.83 bits per heavy atom. The van der Waals surface area contributed by atoms with Crippen LogP contribution in [0.4, 0.5) is 14.9 Å². The molecule has 2 N–H and O–H groups in total. The highest BCUT2D eigenvalue weighted by Crippen LogP contribution is 2.11. The number of hydrogen-bond donors (Lipinski definition) is 2. The average Bonchev–Trinajstić information content (AvgIpc) is 2.34. The number of anilines is 1. The van der Waals surface area contributed by atoms with Crippen molar-refractivity contribution >= 4 is 17.7 Å². The molecule has 18 heavy (non-hydrogen) atoms. The third-order valence-corrected chi connectivity index (χ3v) is 2.03. The number of benzene rings is 1. The Hall–Kier alpha value is -2.11. The Morgan fingerprint density at radius 2 is 2.17 bits per heavy atom. The first kappa shape index (κ1) is 14.0. The predicted octanol–water partition coefficient (Wildman–Crippen LogP) is 1.84. The van der Waals surface area contributed by atoms with Gasteiger partial charge in [0.05, 0.1) is 6.54 Å². The molecule has 0 aliphatic rings. The molecule has 0 aliphatic heterocycles. The second kappa shape index (κ2) is 7.26. The van der Waals surface area contributed by atoms with Gasteiger partial charge >= 0.3 is 12.0 Å². The SMILES string of the molecule is CC(=O)OCCNC(=O)Nc1cccc(CF)c1. The van der Waals surface area contributed by atoms with Crippen molar-refractivity contribution < 1.29 is 18.7 Å². The van der Waals surface area contributed by atoms with Crippen LogP contribution in [0, 0.1) is 0 Å². The zero-order valence-corrected chi connectivity index (χ0v) is 10.0. The van der Waals surface area contributed by atoms with Crippen molar-refractivity contribution in [2.24, 2.45) is 0 Å². The molecule has 0 aromatic heterocycles. The lowest BCUT2D eigenvalue weighted by Gasteiger charge is -2.08. The van der Waals surface area contributed by atoms with E-state index in [-0.39, 0.29) is 13.2 Å². The quantitative estimate of drug-likeness (QED) is 0.622. The van der Waals surface area contributed by atoms with Gasteiger partial charge < -0.3 is 15.4 Å². The summed E-state index contributed by atoms with van der Waals surface area (Å²) in [6.07, 6.45) is 0. The maximum absolute atomic E-state index is 12.4. The highest BCUT2D eigenvalue weighted by atomic mass is 19.1. The van der Waals surface area contributed by atoms with Crippen molar-refractivity contribution in [3.05, 3.63) is 29.8 Å². The van der Waals surface area contributed by atoms with Crippen molar-refractivity contribution in [3.8, 4) is 0 Å². The first-order chi connectivity index (χ1) is 8.61. The van der Waals surface area contributed by atoms with E-state index in [1.54, 1.807) is 24.3 Å². The third kappa shape index (κ3) is 5.29. The number of ether oxygens (including phenoxy) is 1. The number of carbonyl (C=O) groups excluding carboxylic acids is 2. The molecule has 2 amide bonds. The molecule has 6 heteroatoms. The number of halogens is 1. The number of hydrogen-bond acceptors (Lipinski definition) is 3. The van der Waals surface area contributed by atoms with Crippen molar-refractivity contribution in [2.45, 2.75) is 13.6 Å². The van der Waals surface area contributed by atoms with Crippen LogP contribution in [0.3, 0.4) is 0 Å². The molecule has 0 atom stereocenters. The summed E-state index contributed by atoms with van der Waals surface area (Å²) < 4.78 is 17.0. The molecule has 1 aromatic rings. The Kier molecular flexibility index (Phi) is 5.63. The van der Waals surface area contributed by atoms with E-state index in [2.05, 4.69) is 15.4 Å². The zero-order valence-electron chi connectivity index (χ0n) is 10.0. The van der Waals surface area contributed by atoms with E-state index in [9.17, 15) is 14.0 Å². The molecule has 1 aromatic carbocycles. The molecule has 98 valence electrons. The van der Waals surface area contributed by atoms with E-state index in [0.717, 1.165) is 0 Å². The van der Waals surface area contributed by atoms with E-state index >= 15 is 0 Å². The normalized spacial score (nSPS) is 9.67. The summed E-state index contributed by atoms with van der Waals surface area (Å²) in [6, 6.07) is 6.06. The van der Waals surface area contributed by atoms with Crippen LogP contribution in [0.25, 0.3) is 0 Å². The monoisotopic (exact) mass is 254 g/mol. The molecule has 0 radical (unpaired) electrons. The van der Waals surface area contributed by atoms with Gasteiger partial charge in [-0.3, -0.25) is 4.79 Å². The van der Waals surface area contributed by atoms with Gasteiger partial charge in [-0.15, -0.1) is 0 Å². The van der Waals surface area contributed by atoms with Crippen molar-refractivity contribution in [1.82, 2.24) is 5.32 Å². The van der Waals surface area contributed by atoms with Crippen LogP contribution in [-0.2, 0) is 16.2 Å². The predicted molar refractivity (Wildman–Crippen MR) is 64.9 cm³/mol. The average molecular weight is 254 g/mol. The van der Waals surface area contributed by atoms with Crippen LogP contribution < -0.4 is 10.6 Å². The summed E-state index contributed by atoms with van der Waals surface area (Å²) in [7, 11) is 0. The van der Waals surface area contributed by atoms with Gasteiger partial charge in [-0.1, -0.05) is 12.1 Å². The Morgan fingerprint density at radius 1 is 1.39 bits per heavy atom. The summed E-state index contributed by atoms with van der Waals surface area (Å²) in [5, 5.41) is 5.05. The van der Waals surface area contributed by atoms with Gasteiger partial charge in [0.1, 0.15) is 13.3 Å². The first-order valence-corrected chi connectivity index (χ1v) is 5.45. The molecule has 0 spiro atoms. The highest BCUT2D eigenvalue weighted by molar-refractivity contribution is 5.89. The summed E-state index contributed by atoms with van der Waals surface area (Å²) in [5.74, 6) is -0.396. The van der Waals surface area contributed by atoms with E-state index in [1.807, 2.05) is 0 Å². The molecular weight excluding hydrogens is 239 g/mol. The highest BCUT2D eigenvalue weighted by Gasteiger charge is 2.02. The number of carbonyl (C=O) groups is 2. The molecule has 0 saturated heterocycles. The minimum absolute atomic E-state index is 0.118. The van der Waals surface area contributed by atoms with Gasteiger partial charge in [0.25, 0.3) is 0 Å². The Labute approximate surface area is 104 Å². The molecule has 0 heterocycles. The van der Waals surface area contributed by atoms with E-state index in [4.69, 9.17) is 0 Å². The number of urea groups is 1. The second-order valence-corrected chi connectivity index (χ2v) is 3.55. The summed E-state index contributed by atoms with van der Waals surface area (Å²) in [6.45, 7) is 1.05. The number of alkyl halides is 1. The Balaban J connectivity index is 2.33. The minimum atomic E-state index is -0.580. The summed E-state index contributed by atoms with van der Waals surface area (Å²) >= 11 is 0. The number of amides is 2. The maximum Gasteiger partial charge on any atom is 0.319 e. The molecule has 0 saturated carbocycles. The molecule has 0 aliphatic carbocycles. The van der Waals surface area contributed by atoms with Crippen LogP contribution in [0.5, 0.6) is 0 Å². The summed E-state index contributed by atoms with van der Waals surface area (Å²) in [4.78, 5) is 21.9. The van der Waals surface area contributed by atoms with Crippen LogP contribution >= 0.6 is 0 Å². The van der Waals surface area contributed by atoms with E-state index in [0.29, 0.717) is 11.3 Å². The number of esters is 1. The molecule has 0 unspecified atom stereocenters. The van der Waals surface area contributed by atoms with Crippen molar-refractivity contribution in [2.75, 3.05) is 18.5 Å². The lowest BCUT2D eigenvalue weighted by molar-refractivity contribution is -0.140. The van der Waals surface area contributed by atoms with Gasteiger partial charge in [0, 0.05) is 12.6 Å². The maximum atomic E-state index is 12.4.